The predicted octanol–water partition coefficient (Wildman–Crippen LogP) is 2.39. The summed E-state index contributed by atoms with van der Waals surface area (Å²) in [7, 11) is 1.98. The van der Waals surface area contributed by atoms with E-state index in [-0.39, 0.29) is 0 Å². The number of piperazine rings is 1. The first-order valence-electron chi connectivity index (χ1n) is 6.89. The number of hydrogen-bond acceptors (Lipinski definition) is 3. The third kappa shape index (κ3) is 2.53. The second-order valence-electron chi connectivity index (χ2n) is 5.21. The van der Waals surface area contributed by atoms with Gasteiger partial charge >= 0.3 is 0 Å². The number of rotatable bonds is 2. The van der Waals surface area contributed by atoms with E-state index in [1.54, 1.807) is 0 Å². The van der Waals surface area contributed by atoms with Gasteiger partial charge in [-0.05, 0) is 30.2 Å². The topological polar surface area (TPSA) is 41.9 Å². The molecule has 1 aromatic carbocycles. The summed E-state index contributed by atoms with van der Waals surface area (Å²) in [5, 5.41) is 11.3. The van der Waals surface area contributed by atoms with Crippen LogP contribution in [0, 0.1) is 6.92 Å². The smallest absolute Gasteiger partial charge is 0.0571 e. The highest BCUT2D eigenvalue weighted by Crippen LogP contribution is 2.31. The molecule has 5 heteroatoms. The Morgan fingerprint density at radius 3 is 2.85 bits per heavy atom. The van der Waals surface area contributed by atoms with Gasteiger partial charge in [0.05, 0.1) is 6.20 Å². The lowest BCUT2D eigenvalue weighted by molar-refractivity contribution is 0.429. The maximum atomic E-state index is 4.33. The molecule has 2 aromatic rings. The fourth-order valence-corrected chi connectivity index (χ4v) is 3.16. The molecule has 4 nitrogen and oxygen atoms in total. The molecule has 2 N–H and O–H groups in total. The summed E-state index contributed by atoms with van der Waals surface area (Å²) in [5.41, 5.74) is 4.91. The summed E-state index contributed by atoms with van der Waals surface area (Å²) in [6.07, 6.45) is 1.94. The number of nitrogens with one attached hydrogen (secondary N) is 2. The predicted molar refractivity (Wildman–Crippen MR) is 84.7 cm³/mol. The minimum absolute atomic E-state index is 0.357. The Bertz CT molecular complexity index is 614. The van der Waals surface area contributed by atoms with Crippen molar-refractivity contribution in [2.45, 2.75) is 13.0 Å². The largest absolute Gasteiger partial charge is 0.314 e. The molecule has 0 saturated carbocycles. The summed E-state index contributed by atoms with van der Waals surface area (Å²) >= 11 is 3.67. The van der Waals surface area contributed by atoms with Crippen molar-refractivity contribution >= 4 is 15.9 Å². The van der Waals surface area contributed by atoms with Gasteiger partial charge in [-0.3, -0.25) is 4.68 Å². The van der Waals surface area contributed by atoms with E-state index in [1.165, 1.54) is 22.4 Å². The van der Waals surface area contributed by atoms with E-state index < -0.39 is 0 Å². The minimum Gasteiger partial charge on any atom is -0.314 e. The molecule has 2 heterocycles. The molecule has 1 aliphatic heterocycles. The minimum atomic E-state index is 0.357. The molecule has 1 unspecified atom stereocenters. The maximum absolute atomic E-state index is 4.33. The molecule has 1 saturated heterocycles. The standard InChI is InChI=1S/C15H19BrN4/c1-10-13(8-19-20(10)2)11-3-4-14(16)12(7-11)15-9-17-5-6-18-15/h3-4,7-8,15,17-18H,5-6,9H2,1-2H3. The zero-order chi connectivity index (χ0) is 14.1. The van der Waals surface area contributed by atoms with Crippen LogP contribution >= 0.6 is 15.9 Å². The molecule has 1 atom stereocenters. The van der Waals surface area contributed by atoms with Crippen LogP contribution in [0.1, 0.15) is 17.3 Å². The SMILES string of the molecule is Cc1c(-c2ccc(Br)c(C3CNCCN3)c2)cnn1C. The van der Waals surface area contributed by atoms with Crippen molar-refractivity contribution in [3.05, 3.63) is 40.1 Å². The third-order valence-corrected chi connectivity index (χ3v) is 4.68. The van der Waals surface area contributed by atoms with Crippen molar-refractivity contribution < 1.29 is 0 Å². The Morgan fingerprint density at radius 1 is 1.35 bits per heavy atom. The van der Waals surface area contributed by atoms with Gasteiger partial charge in [-0.25, -0.2) is 0 Å². The molecule has 0 aliphatic carbocycles. The molecular weight excluding hydrogens is 316 g/mol. The van der Waals surface area contributed by atoms with Gasteiger partial charge in [0.2, 0.25) is 0 Å². The molecule has 0 radical (unpaired) electrons. The van der Waals surface area contributed by atoms with Crippen molar-refractivity contribution in [3.8, 4) is 11.1 Å². The molecule has 0 spiro atoms. The lowest BCUT2D eigenvalue weighted by Crippen LogP contribution is -2.42. The molecule has 1 fully saturated rings. The van der Waals surface area contributed by atoms with Crippen LogP contribution in [0.4, 0.5) is 0 Å². The van der Waals surface area contributed by atoms with Crippen molar-refractivity contribution in [3.63, 3.8) is 0 Å². The fraction of sp³-hybridized carbons (Fsp3) is 0.400. The van der Waals surface area contributed by atoms with E-state index >= 15 is 0 Å². The maximum Gasteiger partial charge on any atom is 0.0571 e. The second-order valence-corrected chi connectivity index (χ2v) is 6.07. The number of nitrogens with zero attached hydrogens (tertiary/aromatic N) is 2. The van der Waals surface area contributed by atoms with Crippen molar-refractivity contribution in [1.29, 1.82) is 0 Å². The summed E-state index contributed by atoms with van der Waals surface area (Å²) < 4.78 is 3.07. The van der Waals surface area contributed by atoms with Gasteiger partial charge in [0, 0.05) is 48.5 Å². The van der Waals surface area contributed by atoms with E-state index in [4.69, 9.17) is 0 Å². The summed E-state index contributed by atoms with van der Waals surface area (Å²) in [4.78, 5) is 0. The van der Waals surface area contributed by atoms with Gasteiger partial charge in [0.1, 0.15) is 0 Å². The molecule has 1 aromatic heterocycles. The van der Waals surface area contributed by atoms with Crippen molar-refractivity contribution in [2.75, 3.05) is 19.6 Å². The van der Waals surface area contributed by atoms with E-state index in [0.717, 1.165) is 24.1 Å². The fourth-order valence-electron chi connectivity index (χ4n) is 2.63. The Kier molecular flexibility index (Phi) is 3.92. The van der Waals surface area contributed by atoms with Crippen LogP contribution in [-0.4, -0.2) is 29.4 Å². The molecule has 0 bridgehead atoms. The first-order valence-corrected chi connectivity index (χ1v) is 7.68. The lowest BCUT2D eigenvalue weighted by atomic mass is 9.99. The molecule has 20 heavy (non-hydrogen) atoms. The van der Waals surface area contributed by atoms with Gasteiger partial charge in [0.25, 0.3) is 0 Å². The Balaban J connectivity index is 1.99. The normalized spacial score (nSPS) is 19.2. The monoisotopic (exact) mass is 334 g/mol. The number of hydrogen-bond donors (Lipinski definition) is 2. The highest BCUT2D eigenvalue weighted by molar-refractivity contribution is 9.10. The van der Waals surface area contributed by atoms with Crippen LogP contribution in [0.25, 0.3) is 11.1 Å². The van der Waals surface area contributed by atoms with Crippen LogP contribution < -0.4 is 10.6 Å². The summed E-state index contributed by atoms with van der Waals surface area (Å²) in [6.45, 7) is 5.11. The van der Waals surface area contributed by atoms with E-state index in [1.807, 2.05) is 17.9 Å². The zero-order valence-corrected chi connectivity index (χ0v) is 13.4. The van der Waals surface area contributed by atoms with Crippen molar-refractivity contribution in [1.82, 2.24) is 20.4 Å². The highest BCUT2D eigenvalue weighted by atomic mass is 79.9. The molecule has 106 valence electrons. The van der Waals surface area contributed by atoms with Gasteiger partial charge < -0.3 is 10.6 Å². The number of aryl methyl sites for hydroxylation is 1. The van der Waals surface area contributed by atoms with Crippen LogP contribution in [0.15, 0.2) is 28.9 Å². The Labute approximate surface area is 127 Å². The second kappa shape index (κ2) is 5.68. The Hall–Kier alpha value is -1.17. The molecule has 3 rings (SSSR count). The number of aromatic nitrogens is 2. The number of halogens is 1. The Morgan fingerprint density at radius 2 is 2.20 bits per heavy atom. The summed E-state index contributed by atoms with van der Waals surface area (Å²) in [6, 6.07) is 6.90. The van der Waals surface area contributed by atoms with Gasteiger partial charge in [-0.1, -0.05) is 22.0 Å². The molecule has 1 aliphatic rings. The molecular formula is C15H19BrN4. The average Bonchev–Trinajstić information content (AvgIpc) is 2.81. The number of benzene rings is 1. The van der Waals surface area contributed by atoms with E-state index in [0.29, 0.717) is 6.04 Å². The molecule has 0 amide bonds. The quantitative estimate of drug-likeness (QED) is 0.886. The third-order valence-electron chi connectivity index (χ3n) is 3.96. The summed E-state index contributed by atoms with van der Waals surface area (Å²) in [5.74, 6) is 0. The zero-order valence-electron chi connectivity index (χ0n) is 11.8. The average molecular weight is 335 g/mol. The van der Waals surface area contributed by atoms with Crippen molar-refractivity contribution in [2.24, 2.45) is 7.05 Å². The van der Waals surface area contributed by atoms with Crippen LogP contribution in [-0.2, 0) is 7.05 Å². The van der Waals surface area contributed by atoms with E-state index in [2.05, 4.69) is 56.8 Å². The van der Waals surface area contributed by atoms with Crippen LogP contribution in [0.2, 0.25) is 0 Å². The first kappa shape index (κ1) is 13.8. The van der Waals surface area contributed by atoms with Gasteiger partial charge in [-0.2, -0.15) is 5.10 Å². The first-order chi connectivity index (χ1) is 9.66. The van der Waals surface area contributed by atoms with Crippen LogP contribution in [0.5, 0.6) is 0 Å². The highest BCUT2D eigenvalue weighted by Gasteiger charge is 2.18. The van der Waals surface area contributed by atoms with E-state index in [9.17, 15) is 0 Å². The van der Waals surface area contributed by atoms with Gasteiger partial charge in [0.15, 0.2) is 0 Å². The van der Waals surface area contributed by atoms with Gasteiger partial charge in [-0.15, -0.1) is 0 Å². The lowest BCUT2D eigenvalue weighted by Gasteiger charge is -2.26. The van der Waals surface area contributed by atoms with Crippen LogP contribution in [0.3, 0.4) is 0 Å².